The average Bonchev–Trinajstić information content (AvgIpc) is 2.88. The van der Waals surface area contributed by atoms with Gasteiger partial charge in [-0.3, -0.25) is 14.9 Å². The number of carbonyl (C=O) groups is 1. The molecular formula is C9H11N7OS. The van der Waals surface area contributed by atoms with Crippen LogP contribution < -0.4 is 11.3 Å². The number of rotatable bonds is 5. The molecule has 1 amide bonds. The minimum Gasteiger partial charge on any atom is -0.289 e. The standard InChI is InChI=1S/C9H11N7OS/c10-13-8(17)7-6-16(15-14-7)4-5-18-9-11-2-1-3-12-9/h1-3,6H,4-5,10H2,(H,13,17). The van der Waals surface area contributed by atoms with Crippen molar-refractivity contribution >= 4 is 17.7 Å². The highest BCUT2D eigenvalue weighted by Gasteiger charge is 2.08. The summed E-state index contributed by atoms with van der Waals surface area (Å²) >= 11 is 1.50. The Bertz CT molecular complexity index is 515. The monoisotopic (exact) mass is 265 g/mol. The minimum absolute atomic E-state index is 0.193. The van der Waals surface area contributed by atoms with Crippen molar-refractivity contribution in [2.24, 2.45) is 5.84 Å². The van der Waals surface area contributed by atoms with Crippen LogP contribution in [0.15, 0.2) is 29.8 Å². The van der Waals surface area contributed by atoms with E-state index in [9.17, 15) is 4.79 Å². The highest BCUT2D eigenvalue weighted by molar-refractivity contribution is 7.99. The van der Waals surface area contributed by atoms with Gasteiger partial charge in [-0.15, -0.1) is 5.10 Å². The van der Waals surface area contributed by atoms with Crippen LogP contribution in [0.1, 0.15) is 10.5 Å². The summed E-state index contributed by atoms with van der Waals surface area (Å²) < 4.78 is 1.57. The lowest BCUT2D eigenvalue weighted by Crippen LogP contribution is -2.30. The van der Waals surface area contributed by atoms with E-state index in [0.717, 1.165) is 5.75 Å². The van der Waals surface area contributed by atoms with Gasteiger partial charge in [-0.1, -0.05) is 17.0 Å². The second kappa shape index (κ2) is 6.07. The Balaban J connectivity index is 1.84. The summed E-state index contributed by atoms with van der Waals surface area (Å²) in [5.41, 5.74) is 2.19. The normalized spacial score (nSPS) is 10.3. The molecule has 0 saturated carbocycles. The quantitative estimate of drug-likeness (QED) is 0.245. The summed E-state index contributed by atoms with van der Waals surface area (Å²) in [6.45, 7) is 0.605. The molecule has 0 fully saturated rings. The fourth-order valence-corrected chi connectivity index (χ4v) is 1.91. The Morgan fingerprint density at radius 3 is 2.94 bits per heavy atom. The maximum Gasteiger partial charge on any atom is 0.287 e. The molecule has 0 aromatic carbocycles. The fourth-order valence-electron chi connectivity index (χ4n) is 1.18. The van der Waals surface area contributed by atoms with Crippen molar-refractivity contribution in [3.63, 3.8) is 0 Å². The van der Waals surface area contributed by atoms with Crippen molar-refractivity contribution in [1.82, 2.24) is 30.4 Å². The number of nitrogens with one attached hydrogen (secondary N) is 1. The van der Waals surface area contributed by atoms with Gasteiger partial charge in [0.25, 0.3) is 5.91 Å². The third-order valence-corrected chi connectivity index (χ3v) is 2.85. The fraction of sp³-hybridized carbons (Fsp3) is 0.222. The average molecular weight is 265 g/mol. The zero-order chi connectivity index (χ0) is 12.8. The molecule has 0 aliphatic rings. The lowest BCUT2D eigenvalue weighted by molar-refractivity contribution is 0.0948. The molecule has 0 aliphatic carbocycles. The van der Waals surface area contributed by atoms with Crippen molar-refractivity contribution in [2.75, 3.05) is 5.75 Å². The van der Waals surface area contributed by atoms with Gasteiger partial charge in [-0.2, -0.15) is 0 Å². The molecule has 0 unspecified atom stereocenters. The van der Waals surface area contributed by atoms with Crippen LogP contribution in [-0.4, -0.2) is 36.6 Å². The maximum absolute atomic E-state index is 11.1. The van der Waals surface area contributed by atoms with Crippen molar-refractivity contribution in [1.29, 1.82) is 0 Å². The van der Waals surface area contributed by atoms with Crippen molar-refractivity contribution < 1.29 is 4.79 Å². The largest absolute Gasteiger partial charge is 0.289 e. The Hall–Kier alpha value is -2.00. The molecule has 94 valence electrons. The van der Waals surface area contributed by atoms with Crippen molar-refractivity contribution in [3.8, 4) is 0 Å². The van der Waals surface area contributed by atoms with E-state index in [2.05, 4.69) is 20.3 Å². The lowest BCUT2D eigenvalue weighted by atomic mass is 10.5. The summed E-state index contributed by atoms with van der Waals surface area (Å²) in [5.74, 6) is 5.27. The number of amides is 1. The van der Waals surface area contributed by atoms with Crippen LogP contribution in [0.25, 0.3) is 0 Å². The number of hydrogen-bond donors (Lipinski definition) is 2. The Morgan fingerprint density at radius 1 is 1.44 bits per heavy atom. The zero-order valence-electron chi connectivity index (χ0n) is 9.35. The molecule has 0 saturated heterocycles. The van der Waals surface area contributed by atoms with Crippen LogP contribution in [0.2, 0.25) is 0 Å². The van der Waals surface area contributed by atoms with Gasteiger partial charge in [0.1, 0.15) is 0 Å². The molecule has 9 heteroatoms. The lowest BCUT2D eigenvalue weighted by Gasteiger charge is -1.99. The number of aryl methyl sites for hydroxylation is 1. The zero-order valence-corrected chi connectivity index (χ0v) is 10.2. The topological polar surface area (TPSA) is 112 Å². The van der Waals surface area contributed by atoms with Gasteiger partial charge in [0.05, 0.1) is 12.7 Å². The van der Waals surface area contributed by atoms with Crippen LogP contribution in [-0.2, 0) is 6.54 Å². The Kier molecular flexibility index (Phi) is 4.20. The van der Waals surface area contributed by atoms with Crippen molar-refractivity contribution in [2.45, 2.75) is 11.7 Å². The van der Waals surface area contributed by atoms with Gasteiger partial charge in [0.2, 0.25) is 0 Å². The van der Waals surface area contributed by atoms with Gasteiger partial charge in [0, 0.05) is 18.1 Å². The van der Waals surface area contributed by atoms with Crippen LogP contribution in [0.4, 0.5) is 0 Å². The second-order valence-electron chi connectivity index (χ2n) is 3.22. The number of carbonyl (C=O) groups excluding carboxylic acids is 1. The van der Waals surface area contributed by atoms with Crippen LogP contribution in [0.3, 0.4) is 0 Å². The first-order valence-corrected chi connectivity index (χ1v) is 6.09. The van der Waals surface area contributed by atoms with E-state index in [1.54, 1.807) is 23.1 Å². The second-order valence-corrected chi connectivity index (χ2v) is 4.28. The molecule has 3 N–H and O–H groups in total. The smallest absolute Gasteiger partial charge is 0.287 e. The van der Waals surface area contributed by atoms with E-state index in [1.165, 1.54) is 18.0 Å². The number of aromatic nitrogens is 5. The summed E-state index contributed by atoms with van der Waals surface area (Å²) in [5, 5.41) is 8.21. The van der Waals surface area contributed by atoms with Crippen LogP contribution >= 0.6 is 11.8 Å². The number of hydrazine groups is 1. The van der Waals surface area contributed by atoms with E-state index in [0.29, 0.717) is 11.7 Å². The first-order chi connectivity index (χ1) is 8.79. The number of hydrogen-bond acceptors (Lipinski definition) is 7. The van der Waals surface area contributed by atoms with Gasteiger partial charge in [-0.05, 0) is 6.07 Å². The summed E-state index contributed by atoms with van der Waals surface area (Å²) in [6, 6.07) is 1.76. The third-order valence-electron chi connectivity index (χ3n) is 2.00. The number of nitrogen functional groups attached to an aromatic ring is 1. The van der Waals surface area contributed by atoms with E-state index in [4.69, 9.17) is 5.84 Å². The predicted octanol–water partition coefficient (Wildman–Crippen LogP) is -0.536. The molecule has 0 spiro atoms. The van der Waals surface area contributed by atoms with Crippen LogP contribution in [0.5, 0.6) is 0 Å². The molecule has 0 radical (unpaired) electrons. The Morgan fingerprint density at radius 2 is 2.22 bits per heavy atom. The van der Waals surface area contributed by atoms with Gasteiger partial charge >= 0.3 is 0 Å². The summed E-state index contributed by atoms with van der Waals surface area (Å²) in [7, 11) is 0. The molecule has 2 aromatic heterocycles. The number of nitrogens with zero attached hydrogens (tertiary/aromatic N) is 5. The summed E-state index contributed by atoms with van der Waals surface area (Å²) in [4.78, 5) is 19.3. The highest BCUT2D eigenvalue weighted by Crippen LogP contribution is 2.10. The maximum atomic E-state index is 11.1. The van der Waals surface area contributed by atoms with Crippen LogP contribution in [0, 0.1) is 0 Å². The van der Waals surface area contributed by atoms with E-state index < -0.39 is 5.91 Å². The van der Waals surface area contributed by atoms with Crippen molar-refractivity contribution in [3.05, 3.63) is 30.4 Å². The first-order valence-electron chi connectivity index (χ1n) is 5.10. The van der Waals surface area contributed by atoms with Gasteiger partial charge in [0.15, 0.2) is 10.9 Å². The van der Waals surface area contributed by atoms with E-state index in [-0.39, 0.29) is 5.69 Å². The first kappa shape index (κ1) is 12.5. The summed E-state index contributed by atoms with van der Waals surface area (Å²) in [6.07, 6.45) is 4.91. The molecule has 18 heavy (non-hydrogen) atoms. The molecule has 2 aromatic rings. The van der Waals surface area contributed by atoms with E-state index in [1.807, 2.05) is 5.43 Å². The van der Waals surface area contributed by atoms with Gasteiger partial charge in [-0.25, -0.2) is 15.8 Å². The SMILES string of the molecule is NNC(=O)c1cn(CCSc2ncccn2)nn1. The molecular weight excluding hydrogens is 254 g/mol. The molecule has 0 aliphatic heterocycles. The Labute approximate surface area is 107 Å². The van der Waals surface area contributed by atoms with Gasteiger partial charge < -0.3 is 0 Å². The third kappa shape index (κ3) is 3.25. The number of thioether (sulfide) groups is 1. The highest BCUT2D eigenvalue weighted by atomic mass is 32.2. The molecule has 0 atom stereocenters. The molecule has 8 nitrogen and oxygen atoms in total. The predicted molar refractivity (Wildman–Crippen MR) is 64.4 cm³/mol. The molecule has 0 bridgehead atoms. The molecule has 2 rings (SSSR count). The molecule has 2 heterocycles. The number of nitrogens with two attached hydrogens (primary N) is 1. The minimum atomic E-state index is -0.458. The van der Waals surface area contributed by atoms with E-state index >= 15 is 0 Å².